The van der Waals surface area contributed by atoms with Crippen LogP contribution in [0.2, 0.25) is 0 Å². The third kappa shape index (κ3) is 6.58. The summed E-state index contributed by atoms with van der Waals surface area (Å²) in [6.45, 7) is 0. The van der Waals surface area contributed by atoms with E-state index in [0.29, 0.717) is 0 Å². The molecular formula is C36H30N4O16. The lowest BCUT2D eigenvalue weighted by Crippen LogP contribution is -2.11. The maximum Gasteiger partial charge on any atom is 0.341 e. The first-order valence-corrected chi connectivity index (χ1v) is 15.7. The van der Waals surface area contributed by atoms with Crippen molar-refractivity contribution in [2.45, 2.75) is 0 Å². The lowest BCUT2D eigenvalue weighted by molar-refractivity contribution is -0.135. The molecule has 3 aromatic heterocycles. The molecule has 0 aromatic carbocycles. The monoisotopic (exact) mass is 774 g/mol. The number of fused-ring (bicyclic) bond motifs is 8. The molecule has 2 N–H and O–H groups in total. The van der Waals surface area contributed by atoms with Crippen molar-refractivity contribution < 1.29 is 76.3 Å². The molecule has 20 nitrogen and oxygen atoms in total. The molecule has 56 heavy (non-hydrogen) atoms. The molecule has 5 heterocycles. The van der Waals surface area contributed by atoms with Crippen molar-refractivity contribution in [1.29, 1.82) is 0 Å². The van der Waals surface area contributed by atoms with E-state index in [0.717, 1.165) is 81.1 Å². The minimum Gasteiger partial charge on any atom is -0.465 e. The van der Waals surface area contributed by atoms with Gasteiger partial charge in [0.2, 0.25) is 0 Å². The van der Waals surface area contributed by atoms with Crippen LogP contribution in [0.5, 0.6) is 0 Å². The average molecular weight is 775 g/mol. The van der Waals surface area contributed by atoms with Gasteiger partial charge >= 0.3 is 47.8 Å². The topological polar surface area (TPSA) is 268 Å². The Labute approximate surface area is 314 Å². The summed E-state index contributed by atoms with van der Waals surface area (Å²) in [6, 6.07) is 4.38. The molecule has 0 spiro atoms. The van der Waals surface area contributed by atoms with Crippen LogP contribution in [0.25, 0.3) is 44.4 Å². The van der Waals surface area contributed by atoms with Gasteiger partial charge in [-0.2, -0.15) is 0 Å². The van der Waals surface area contributed by atoms with Gasteiger partial charge in [-0.05, 0) is 24.3 Å². The van der Waals surface area contributed by atoms with Gasteiger partial charge in [-0.3, -0.25) is 0 Å². The van der Waals surface area contributed by atoms with Crippen molar-refractivity contribution in [2.24, 2.45) is 0 Å². The quantitative estimate of drug-likeness (QED) is 0.245. The minimum absolute atomic E-state index is 0.252. The van der Waals surface area contributed by atoms with Gasteiger partial charge in [0, 0.05) is 0 Å². The predicted octanol–water partition coefficient (Wildman–Crippen LogP) is 1.97. The van der Waals surface area contributed by atoms with Crippen LogP contribution in [0.4, 0.5) is 0 Å². The highest BCUT2D eigenvalue weighted by molar-refractivity contribution is 6.39. The maximum atomic E-state index is 13.4. The number of rotatable bonds is 8. The van der Waals surface area contributed by atoms with Crippen LogP contribution in [0.1, 0.15) is 64.2 Å². The molecule has 3 aromatic rings. The zero-order valence-electron chi connectivity index (χ0n) is 30.7. The number of esters is 8. The third-order valence-corrected chi connectivity index (χ3v) is 8.36. The van der Waals surface area contributed by atoms with E-state index in [2.05, 4.69) is 19.9 Å². The van der Waals surface area contributed by atoms with E-state index in [1.807, 2.05) is 0 Å². The van der Waals surface area contributed by atoms with E-state index in [-0.39, 0.29) is 44.8 Å². The summed E-state index contributed by atoms with van der Waals surface area (Å²) in [7, 11) is 8.15. The summed E-state index contributed by atoms with van der Waals surface area (Å²) in [6.07, 6.45) is 0. The molecule has 0 aliphatic carbocycles. The van der Waals surface area contributed by atoms with Gasteiger partial charge in [-0.25, -0.2) is 48.3 Å². The van der Waals surface area contributed by atoms with Gasteiger partial charge in [0.1, 0.15) is 22.3 Å². The highest BCUT2D eigenvalue weighted by atomic mass is 16.5. The first-order chi connectivity index (χ1) is 26.7. The molecule has 0 fully saturated rings. The van der Waals surface area contributed by atoms with E-state index >= 15 is 0 Å². The number of hydrogen-bond donors (Lipinski definition) is 2. The first-order valence-electron chi connectivity index (χ1n) is 15.7. The zero-order chi connectivity index (χ0) is 41.2. The molecule has 20 heteroatoms. The van der Waals surface area contributed by atoms with Gasteiger partial charge in [-0.1, -0.05) is 0 Å². The normalized spacial score (nSPS) is 12.0. The Morgan fingerprint density at radius 1 is 0.339 bits per heavy atom. The van der Waals surface area contributed by atoms with Crippen molar-refractivity contribution in [3.63, 3.8) is 0 Å². The van der Waals surface area contributed by atoms with Gasteiger partial charge in [-0.15, -0.1) is 0 Å². The number of carbonyl (C=O) groups is 8. The number of aromatic nitrogens is 4. The van der Waals surface area contributed by atoms with Gasteiger partial charge in [0.25, 0.3) is 0 Å². The molecular weight excluding hydrogens is 744 g/mol. The van der Waals surface area contributed by atoms with Gasteiger partial charge in [0.15, 0.2) is 0 Å². The highest BCUT2D eigenvalue weighted by Gasteiger charge is 2.36. The molecule has 8 bridgehead atoms. The number of nitrogens with zero attached hydrogens (tertiary/aromatic N) is 2. The van der Waals surface area contributed by atoms with E-state index in [1.54, 1.807) is 0 Å². The van der Waals surface area contributed by atoms with Crippen LogP contribution < -0.4 is 0 Å². The van der Waals surface area contributed by atoms with Crippen LogP contribution in [-0.2, 0) is 57.1 Å². The fraction of sp³-hybridized carbons (Fsp3) is 0.222. The van der Waals surface area contributed by atoms with Crippen LogP contribution >= 0.6 is 0 Å². The van der Waals surface area contributed by atoms with Gasteiger partial charge < -0.3 is 47.9 Å². The molecule has 0 saturated carbocycles. The number of methoxy groups -OCH3 is 8. The average Bonchev–Trinajstić information content (AvgIpc) is 3.95. The number of ether oxygens (including phenoxy) is 8. The summed E-state index contributed by atoms with van der Waals surface area (Å²) in [5.41, 5.74) is -6.19. The molecule has 0 amide bonds. The number of hydrogen-bond acceptors (Lipinski definition) is 18. The smallest absolute Gasteiger partial charge is 0.341 e. The van der Waals surface area contributed by atoms with Crippen molar-refractivity contribution in [2.75, 3.05) is 56.9 Å². The van der Waals surface area contributed by atoms with E-state index in [4.69, 9.17) is 37.9 Å². The lowest BCUT2D eigenvalue weighted by atomic mass is 10.0. The number of aromatic amines is 2. The van der Waals surface area contributed by atoms with Crippen molar-refractivity contribution in [3.05, 3.63) is 69.3 Å². The Balaban J connectivity index is 2.23. The van der Waals surface area contributed by atoms with Crippen molar-refractivity contribution in [1.82, 2.24) is 19.9 Å². The predicted molar refractivity (Wildman–Crippen MR) is 188 cm³/mol. The molecule has 2 aliphatic rings. The third-order valence-electron chi connectivity index (χ3n) is 8.36. The van der Waals surface area contributed by atoms with E-state index in [1.165, 1.54) is 0 Å². The zero-order valence-corrected chi connectivity index (χ0v) is 30.7. The van der Waals surface area contributed by atoms with Crippen LogP contribution in [0.3, 0.4) is 0 Å². The molecule has 2 aliphatic heterocycles. The lowest BCUT2D eigenvalue weighted by Gasteiger charge is -2.05. The van der Waals surface area contributed by atoms with Crippen molar-refractivity contribution >= 4 is 92.1 Å². The van der Waals surface area contributed by atoms with Crippen LogP contribution in [0, 0.1) is 0 Å². The minimum atomic E-state index is -1.11. The summed E-state index contributed by atoms with van der Waals surface area (Å²) < 4.78 is 39.8. The Morgan fingerprint density at radius 2 is 0.518 bits per heavy atom. The Hall–Kier alpha value is -7.64. The molecule has 0 radical (unpaired) electrons. The second-order valence-electron chi connectivity index (χ2n) is 11.2. The Morgan fingerprint density at radius 3 is 0.679 bits per heavy atom. The molecule has 290 valence electrons. The fourth-order valence-electron chi connectivity index (χ4n) is 5.96. The second-order valence-corrected chi connectivity index (χ2v) is 11.2. The standard InChI is InChI=1S/C36H30N4O16/c1-49-29(41)21-13-9-15-23(31(43)51-3)25(33(45)53-5)17(38-15)11-19-27(35(47)55-7)28(36(48)56-8)20(40-19)12-18-26(34(46)54-6)24(32(44)52-4)16(39-18)10-14(37-13)22(21)30(42)50-2/h9-12,37,40H,1-8H3. The number of carbonyl (C=O) groups excluding carboxylic acids is 8. The Kier molecular flexibility index (Phi) is 11.1. The number of nitrogens with one attached hydrogen (secondary N) is 2. The summed E-state index contributed by atoms with van der Waals surface area (Å²) in [5, 5.41) is 0. The van der Waals surface area contributed by atoms with Crippen molar-refractivity contribution in [3.8, 4) is 0 Å². The Bertz CT molecular complexity index is 2190. The molecule has 0 atom stereocenters. The van der Waals surface area contributed by atoms with Crippen LogP contribution in [0.15, 0.2) is 24.3 Å². The maximum absolute atomic E-state index is 13.4. The van der Waals surface area contributed by atoms with Crippen LogP contribution in [-0.4, -0.2) is 125 Å². The number of H-pyrrole nitrogens is 2. The molecule has 5 rings (SSSR count). The second kappa shape index (κ2) is 15.8. The summed E-state index contributed by atoms with van der Waals surface area (Å²) in [5.74, 6) is -8.82. The van der Waals surface area contributed by atoms with Gasteiger partial charge in [0.05, 0.1) is 124 Å². The summed E-state index contributed by atoms with van der Waals surface area (Å²) in [4.78, 5) is 122. The fourth-order valence-corrected chi connectivity index (χ4v) is 5.96. The largest absolute Gasteiger partial charge is 0.465 e. The summed E-state index contributed by atoms with van der Waals surface area (Å²) >= 11 is 0. The first kappa shape index (κ1) is 39.6. The molecule has 0 saturated heterocycles. The molecule has 0 unspecified atom stereocenters. The highest BCUT2D eigenvalue weighted by Crippen LogP contribution is 2.37. The van der Waals surface area contributed by atoms with E-state index < -0.39 is 92.3 Å². The SMILES string of the molecule is COC(=O)C1=C(C(=O)OC)c2cc3[nH]c(cc4nc(cc5[nH]c(cc1n2)c(C(=O)OC)c5C(=O)OC)C(C(=O)OC)=C4C(=O)OC)c(C(=O)OC)c3C(=O)OC. The van der Waals surface area contributed by atoms with E-state index in [9.17, 15) is 38.4 Å².